The van der Waals surface area contributed by atoms with Gasteiger partial charge in [-0.05, 0) is 44.9 Å². The molecule has 0 aliphatic rings. The number of phosphoric ester groups is 1. The zero-order valence-corrected chi connectivity index (χ0v) is 35.6. The summed E-state index contributed by atoms with van der Waals surface area (Å²) < 4.78 is 26.8. The van der Waals surface area contributed by atoms with Crippen LogP contribution in [0.25, 0.3) is 0 Å². The number of esters is 1. The third-order valence-corrected chi connectivity index (χ3v) is 10.4. The van der Waals surface area contributed by atoms with E-state index in [1.165, 1.54) is 109 Å². The van der Waals surface area contributed by atoms with Gasteiger partial charge in [-0.2, -0.15) is 0 Å². The fourth-order valence-electron chi connectivity index (χ4n) is 6.05. The van der Waals surface area contributed by atoms with Gasteiger partial charge in [0, 0.05) is 12.8 Å². The topological polar surface area (TPSA) is 169 Å². The largest absolute Gasteiger partial charge is 0.480 e. The Bertz CT molecular complexity index is 1040. The molecule has 3 unspecified atom stereocenters. The monoisotopic (exact) mass is 802 g/mol. The molecule has 11 nitrogen and oxygen atoms in total. The van der Waals surface area contributed by atoms with Crippen molar-refractivity contribution in [2.24, 2.45) is 0 Å². The standard InChI is InChI=1S/C43H80NO10P/c1-3-5-7-9-11-13-15-17-19-20-21-23-25-27-29-31-33-35-42(47)52-36-39(45)37-53-55(50,51)54-38-40(43(48)49)44-41(46)34-32-30-28-26-24-22-18-16-14-12-10-8-6-4-2/h11,13,17,19,39-40,45H,3-10,12,14-16,18,20-38H2,1-2H3,(H,44,46)(H,48,49)(H,50,51)/b13-11-,19-17-. The highest BCUT2D eigenvalue weighted by molar-refractivity contribution is 7.47. The lowest BCUT2D eigenvalue weighted by Gasteiger charge is -2.18. The van der Waals surface area contributed by atoms with Crippen LogP contribution in [0.1, 0.15) is 200 Å². The zero-order chi connectivity index (χ0) is 40.7. The number of carboxylic acid groups (broad SMARTS) is 1. The van der Waals surface area contributed by atoms with Gasteiger partial charge in [-0.3, -0.25) is 18.6 Å². The first-order valence-corrected chi connectivity index (χ1v) is 23.4. The van der Waals surface area contributed by atoms with Gasteiger partial charge in [-0.15, -0.1) is 0 Å². The molecule has 0 saturated heterocycles. The van der Waals surface area contributed by atoms with Crippen LogP contribution in [-0.2, 0) is 32.7 Å². The summed E-state index contributed by atoms with van der Waals surface area (Å²) in [5, 5.41) is 21.8. The predicted molar refractivity (Wildman–Crippen MR) is 222 cm³/mol. The second-order valence-electron chi connectivity index (χ2n) is 14.9. The van der Waals surface area contributed by atoms with Crippen LogP contribution in [0.3, 0.4) is 0 Å². The van der Waals surface area contributed by atoms with Gasteiger partial charge in [0.15, 0.2) is 6.04 Å². The van der Waals surface area contributed by atoms with Crippen LogP contribution in [0, 0.1) is 0 Å². The second-order valence-corrected chi connectivity index (χ2v) is 16.3. The number of carbonyl (C=O) groups excluding carboxylic acids is 2. The zero-order valence-electron chi connectivity index (χ0n) is 34.7. The van der Waals surface area contributed by atoms with Crippen LogP contribution < -0.4 is 5.32 Å². The highest BCUT2D eigenvalue weighted by Crippen LogP contribution is 2.43. The molecule has 0 aromatic heterocycles. The average Bonchev–Trinajstić information content (AvgIpc) is 3.16. The van der Waals surface area contributed by atoms with Crippen molar-refractivity contribution in [3.05, 3.63) is 24.3 Å². The summed E-state index contributed by atoms with van der Waals surface area (Å²) in [4.78, 5) is 45.9. The van der Waals surface area contributed by atoms with E-state index in [0.29, 0.717) is 12.8 Å². The molecule has 0 aromatic rings. The quantitative estimate of drug-likeness (QED) is 0.0202. The van der Waals surface area contributed by atoms with Crippen molar-refractivity contribution in [3.63, 3.8) is 0 Å². The van der Waals surface area contributed by atoms with Gasteiger partial charge in [-0.1, -0.05) is 167 Å². The van der Waals surface area contributed by atoms with E-state index in [2.05, 4.69) is 43.5 Å². The van der Waals surface area contributed by atoms with Crippen molar-refractivity contribution in [1.82, 2.24) is 5.32 Å². The van der Waals surface area contributed by atoms with Crippen molar-refractivity contribution >= 4 is 25.7 Å². The lowest BCUT2D eigenvalue weighted by Crippen LogP contribution is -2.43. The van der Waals surface area contributed by atoms with Crippen molar-refractivity contribution in [1.29, 1.82) is 0 Å². The molecule has 0 fully saturated rings. The van der Waals surface area contributed by atoms with Crippen molar-refractivity contribution < 1.29 is 47.8 Å². The molecule has 0 bridgehead atoms. The molecule has 12 heteroatoms. The van der Waals surface area contributed by atoms with E-state index in [9.17, 15) is 34.1 Å². The van der Waals surface area contributed by atoms with Crippen LogP contribution in [0.4, 0.5) is 0 Å². The molecular weight excluding hydrogens is 721 g/mol. The van der Waals surface area contributed by atoms with Gasteiger partial charge >= 0.3 is 19.8 Å². The lowest BCUT2D eigenvalue weighted by molar-refractivity contribution is -0.147. The Balaban J connectivity index is 3.90. The van der Waals surface area contributed by atoms with Crippen LogP contribution in [0.5, 0.6) is 0 Å². The molecule has 4 N–H and O–H groups in total. The maximum absolute atomic E-state index is 12.3. The number of aliphatic hydroxyl groups excluding tert-OH is 1. The molecule has 0 aliphatic carbocycles. The number of allylic oxidation sites excluding steroid dienone is 4. The Labute approximate surface area is 334 Å². The minimum Gasteiger partial charge on any atom is -0.480 e. The molecule has 0 heterocycles. The summed E-state index contributed by atoms with van der Waals surface area (Å²) in [6.07, 6.45) is 39.1. The summed E-state index contributed by atoms with van der Waals surface area (Å²) in [5.74, 6) is -2.37. The van der Waals surface area contributed by atoms with E-state index >= 15 is 0 Å². The molecule has 322 valence electrons. The number of hydrogen-bond donors (Lipinski definition) is 4. The van der Waals surface area contributed by atoms with E-state index in [-0.39, 0.29) is 12.8 Å². The van der Waals surface area contributed by atoms with Crippen LogP contribution >= 0.6 is 7.82 Å². The van der Waals surface area contributed by atoms with Gasteiger partial charge in [0.2, 0.25) is 5.91 Å². The third kappa shape index (κ3) is 38.6. The number of aliphatic hydroxyl groups is 1. The number of unbranched alkanes of at least 4 members (excludes halogenated alkanes) is 23. The van der Waals surface area contributed by atoms with Gasteiger partial charge in [0.05, 0.1) is 13.2 Å². The van der Waals surface area contributed by atoms with E-state index in [4.69, 9.17) is 13.8 Å². The number of ether oxygens (including phenoxy) is 1. The highest BCUT2D eigenvalue weighted by Gasteiger charge is 2.28. The second kappa shape index (κ2) is 38.8. The molecule has 0 radical (unpaired) electrons. The maximum atomic E-state index is 12.3. The highest BCUT2D eigenvalue weighted by atomic mass is 31.2. The number of hydrogen-bond acceptors (Lipinski definition) is 8. The van der Waals surface area contributed by atoms with Gasteiger partial charge in [0.25, 0.3) is 0 Å². The SMILES string of the molecule is CCCCC/C=C\C/C=C\CCCCCCCCCC(=O)OCC(O)COP(=O)(O)OCC(NC(=O)CCCCCCCCCCCCCCCC)C(=O)O. The van der Waals surface area contributed by atoms with Gasteiger partial charge in [-0.25, -0.2) is 9.36 Å². The number of aliphatic carboxylic acids is 1. The Hall–Kier alpha value is -2.04. The molecule has 0 aromatic carbocycles. The molecule has 1 amide bonds. The summed E-state index contributed by atoms with van der Waals surface area (Å²) in [6, 6.07) is -1.54. The predicted octanol–water partition coefficient (Wildman–Crippen LogP) is 11.1. The fourth-order valence-corrected chi connectivity index (χ4v) is 6.82. The number of carboxylic acids is 1. The first kappa shape index (κ1) is 53.0. The Morgan fingerprint density at radius 2 is 1.00 bits per heavy atom. The summed E-state index contributed by atoms with van der Waals surface area (Å²) in [6.45, 7) is 2.57. The summed E-state index contributed by atoms with van der Waals surface area (Å²) in [7, 11) is -4.75. The van der Waals surface area contributed by atoms with Crippen molar-refractivity contribution in [2.45, 2.75) is 212 Å². The van der Waals surface area contributed by atoms with Crippen LogP contribution in [-0.4, -0.2) is 64.9 Å². The minimum atomic E-state index is -4.75. The Morgan fingerprint density at radius 1 is 0.582 bits per heavy atom. The van der Waals surface area contributed by atoms with Crippen molar-refractivity contribution in [2.75, 3.05) is 19.8 Å². The average molecular weight is 802 g/mol. The lowest BCUT2D eigenvalue weighted by atomic mass is 10.0. The van der Waals surface area contributed by atoms with Crippen LogP contribution in [0.15, 0.2) is 24.3 Å². The smallest absolute Gasteiger partial charge is 0.472 e. The Morgan fingerprint density at radius 3 is 1.51 bits per heavy atom. The maximum Gasteiger partial charge on any atom is 0.472 e. The number of amides is 1. The van der Waals surface area contributed by atoms with Crippen molar-refractivity contribution in [3.8, 4) is 0 Å². The van der Waals surface area contributed by atoms with Gasteiger partial charge < -0.3 is 25.2 Å². The number of rotatable bonds is 41. The summed E-state index contributed by atoms with van der Waals surface area (Å²) >= 11 is 0. The minimum absolute atomic E-state index is 0.149. The van der Waals surface area contributed by atoms with E-state index < -0.39 is 57.6 Å². The summed E-state index contributed by atoms with van der Waals surface area (Å²) in [5.41, 5.74) is 0. The van der Waals surface area contributed by atoms with E-state index in [1.54, 1.807) is 0 Å². The molecule has 0 saturated carbocycles. The molecule has 3 atom stereocenters. The molecule has 0 spiro atoms. The normalized spacial score (nSPS) is 14.0. The van der Waals surface area contributed by atoms with E-state index in [0.717, 1.165) is 51.4 Å². The molecule has 0 rings (SSSR count). The van der Waals surface area contributed by atoms with Gasteiger partial charge in [0.1, 0.15) is 12.7 Å². The molecule has 0 aliphatic heterocycles. The molecule has 55 heavy (non-hydrogen) atoms. The number of carbonyl (C=O) groups is 3. The first-order valence-electron chi connectivity index (χ1n) is 21.9. The van der Waals surface area contributed by atoms with E-state index in [1.807, 2.05) is 0 Å². The third-order valence-electron chi connectivity index (χ3n) is 9.49. The first-order chi connectivity index (χ1) is 26.6. The molecular formula is C43H80NO10P. The fraction of sp³-hybridized carbons (Fsp3) is 0.837. The van der Waals surface area contributed by atoms with Crippen LogP contribution in [0.2, 0.25) is 0 Å². The Kier molecular flexibility index (Phi) is 37.4. The number of nitrogens with one attached hydrogen (secondary N) is 1. The number of phosphoric acid groups is 1.